The summed E-state index contributed by atoms with van der Waals surface area (Å²) in [6.45, 7) is 5.39. The number of hydrogen-bond donors (Lipinski definition) is 1. The average Bonchev–Trinajstić information content (AvgIpc) is 3.06. The van der Waals surface area contributed by atoms with Gasteiger partial charge in [0.2, 0.25) is 0 Å². The van der Waals surface area contributed by atoms with Gasteiger partial charge >= 0.3 is 6.03 Å². The summed E-state index contributed by atoms with van der Waals surface area (Å²) in [7, 11) is 0. The van der Waals surface area contributed by atoms with E-state index in [0.717, 1.165) is 17.7 Å². The molecule has 3 aliphatic rings. The second kappa shape index (κ2) is 5.81. The number of aromatic nitrogens is 2. The second-order valence-corrected chi connectivity index (χ2v) is 6.74. The molecule has 3 fully saturated rings. The first kappa shape index (κ1) is 14.5. The highest BCUT2D eigenvalue weighted by molar-refractivity contribution is 5.78. The number of benzene rings is 1. The van der Waals surface area contributed by atoms with E-state index < -0.39 is 0 Å². The minimum atomic E-state index is -0.123. The van der Waals surface area contributed by atoms with E-state index in [1.54, 1.807) is 6.20 Å². The van der Waals surface area contributed by atoms with Crippen molar-refractivity contribution < 1.29 is 4.79 Å². The van der Waals surface area contributed by atoms with Crippen LogP contribution in [0.3, 0.4) is 0 Å². The summed E-state index contributed by atoms with van der Waals surface area (Å²) >= 11 is 0. The molecule has 3 saturated heterocycles. The minimum absolute atomic E-state index is 0.123. The molecule has 1 aromatic heterocycles. The standard InChI is InChI=1S/C18H22N4O/c1-13-3-2-4-15(9-13)16-10-19-22(11-16)18(23)20-17-12-21-7-5-14(17)6-8-21/h2-4,9-11,14,17H,5-8,12H2,1H3,(H,20,23)/t17-/m0/s1. The fourth-order valence-corrected chi connectivity index (χ4v) is 3.76. The molecule has 2 aromatic rings. The Kier molecular flexibility index (Phi) is 3.65. The van der Waals surface area contributed by atoms with E-state index in [9.17, 15) is 4.79 Å². The van der Waals surface area contributed by atoms with Gasteiger partial charge < -0.3 is 10.2 Å². The van der Waals surface area contributed by atoms with Crippen molar-refractivity contribution in [3.8, 4) is 11.1 Å². The summed E-state index contributed by atoms with van der Waals surface area (Å²) < 4.78 is 1.43. The van der Waals surface area contributed by atoms with Crippen molar-refractivity contribution in [1.82, 2.24) is 20.0 Å². The number of rotatable bonds is 2. The van der Waals surface area contributed by atoms with Gasteiger partial charge in [-0.3, -0.25) is 0 Å². The highest BCUT2D eigenvalue weighted by atomic mass is 16.2. The first-order valence-corrected chi connectivity index (χ1v) is 8.34. The Bertz CT molecular complexity index is 715. The van der Waals surface area contributed by atoms with Crippen LogP contribution < -0.4 is 5.32 Å². The van der Waals surface area contributed by atoms with Crippen molar-refractivity contribution in [3.05, 3.63) is 42.2 Å². The Balaban J connectivity index is 1.47. The third-order valence-corrected chi connectivity index (χ3v) is 5.11. The summed E-state index contributed by atoms with van der Waals surface area (Å²) in [5, 5.41) is 7.40. The van der Waals surface area contributed by atoms with Gasteiger partial charge in [-0.25, -0.2) is 4.79 Å². The highest BCUT2D eigenvalue weighted by Gasteiger charge is 2.35. The molecule has 2 bridgehead atoms. The van der Waals surface area contributed by atoms with Gasteiger partial charge in [0.05, 0.1) is 6.20 Å². The molecule has 1 aromatic carbocycles. The molecule has 1 atom stereocenters. The normalized spacial score (nSPS) is 26.2. The predicted octanol–water partition coefficient (Wildman–Crippen LogP) is 2.51. The van der Waals surface area contributed by atoms with Crippen LogP contribution in [0.15, 0.2) is 36.7 Å². The maximum atomic E-state index is 12.5. The molecule has 1 N–H and O–H groups in total. The number of hydrogen-bond acceptors (Lipinski definition) is 3. The maximum Gasteiger partial charge on any atom is 0.342 e. The molecule has 120 valence electrons. The molecule has 3 aliphatic heterocycles. The lowest BCUT2D eigenvalue weighted by Crippen LogP contribution is -2.57. The van der Waals surface area contributed by atoms with Gasteiger partial charge in [-0.2, -0.15) is 9.78 Å². The lowest BCUT2D eigenvalue weighted by molar-refractivity contribution is 0.0765. The fraction of sp³-hybridized carbons (Fsp3) is 0.444. The number of carbonyl (C=O) groups is 1. The number of nitrogens with one attached hydrogen (secondary N) is 1. The number of aryl methyl sites for hydroxylation is 1. The first-order valence-electron chi connectivity index (χ1n) is 8.34. The largest absolute Gasteiger partial charge is 0.342 e. The van der Waals surface area contributed by atoms with Gasteiger partial charge in [-0.05, 0) is 44.3 Å². The Hall–Kier alpha value is -2.14. The van der Waals surface area contributed by atoms with Crippen LogP contribution in [-0.4, -0.2) is 46.4 Å². The molecule has 4 heterocycles. The lowest BCUT2D eigenvalue weighted by atomic mass is 9.84. The zero-order chi connectivity index (χ0) is 15.8. The Morgan fingerprint density at radius 2 is 2.09 bits per heavy atom. The molecule has 5 heteroatoms. The molecule has 1 amide bonds. The number of fused-ring (bicyclic) bond motifs is 3. The van der Waals surface area contributed by atoms with Crippen molar-refractivity contribution in [2.24, 2.45) is 5.92 Å². The predicted molar refractivity (Wildman–Crippen MR) is 89.3 cm³/mol. The lowest BCUT2D eigenvalue weighted by Gasteiger charge is -2.44. The van der Waals surface area contributed by atoms with Crippen LogP contribution in [0.2, 0.25) is 0 Å². The van der Waals surface area contributed by atoms with Gasteiger partial charge in [0.1, 0.15) is 0 Å². The molecule has 0 unspecified atom stereocenters. The molecular weight excluding hydrogens is 288 g/mol. The van der Waals surface area contributed by atoms with Gasteiger partial charge in [-0.15, -0.1) is 0 Å². The van der Waals surface area contributed by atoms with Crippen LogP contribution in [0.1, 0.15) is 18.4 Å². The molecular formula is C18H22N4O. The highest BCUT2D eigenvalue weighted by Crippen LogP contribution is 2.27. The van der Waals surface area contributed by atoms with Crippen molar-refractivity contribution in [2.45, 2.75) is 25.8 Å². The first-order chi connectivity index (χ1) is 11.2. The van der Waals surface area contributed by atoms with Crippen molar-refractivity contribution in [2.75, 3.05) is 19.6 Å². The molecule has 23 heavy (non-hydrogen) atoms. The molecule has 5 rings (SSSR count). The van der Waals surface area contributed by atoms with E-state index in [4.69, 9.17) is 0 Å². The monoisotopic (exact) mass is 310 g/mol. The third-order valence-electron chi connectivity index (χ3n) is 5.11. The smallest absolute Gasteiger partial charge is 0.332 e. The van der Waals surface area contributed by atoms with Crippen molar-refractivity contribution in [3.63, 3.8) is 0 Å². The summed E-state index contributed by atoms with van der Waals surface area (Å²) in [5.74, 6) is 0.621. The topological polar surface area (TPSA) is 50.2 Å². The molecule has 0 radical (unpaired) electrons. The van der Waals surface area contributed by atoms with Crippen LogP contribution in [-0.2, 0) is 0 Å². The van der Waals surface area contributed by atoms with Crippen LogP contribution in [0.25, 0.3) is 11.1 Å². The van der Waals surface area contributed by atoms with Crippen molar-refractivity contribution >= 4 is 6.03 Å². The quantitative estimate of drug-likeness (QED) is 0.927. The van der Waals surface area contributed by atoms with Crippen molar-refractivity contribution in [1.29, 1.82) is 0 Å². The van der Waals surface area contributed by atoms with E-state index in [-0.39, 0.29) is 12.1 Å². The molecule has 0 aliphatic carbocycles. The van der Waals surface area contributed by atoms with Gasteiger partial charge in [0, 0.05) is 24.3 Å². The molecule has 5 nitrogen and oxygen atoms in total. The molecule has 0 saturated carbocycles. The van der Waals surface area contributed by atoms with Gasteiger partial charge in [-0.1, -0.05) is 29.8 Å². The van der Waals surface area contributed by atoms with E-state index in [1.807, 2.05) is 18.3 Å². The Labute approximate surface area is 136 Å². The van der Waals surface area contributed by atoms with Gasteiger partial charge in [0.25, 0.3) is 0 Å². The summed E-state index contributed by atoms with van der Waals surface area (Å²) in [5.41, 5.74) is 3.26. The number of amides is 1. The Morgan fingerprint density at radius 3 is 2.78 bits per heavy atom. The summed E-state index contributed by atoms with van der Waals surface area (Å²) in [6, 6.07) is 8.37. The Morgan fingerprint density at radius 1 is 1.26 bits per heavy atom. The van der Waals surface area contributed by atoms with Crippen LogP contribution >= 0.6 is 0 Å². The number of nitrogens with zero attached hydrogens (tertiary/aromatic N) is 3. The van der Waals surface area contributed by atoms with E-state index >= 15 is 0 Å². The summed E-state index contributed by atoms with van der Waals surface area (Å²) in [4.78, 5) is 14.9. The third kappa shape index (κ3) is 2.88. The van der Waals surface area contributed by atoms with Crippen LogP contribution in [0, 0.1) is 12.8 Å². The van der Waals surface area contributed by atoms with Crippen LogP contribution in [0.4, 0.5) is 4.79 Å². The average molecular weight is 310 g/mol. The molecule has 0 spiro atoms. The number of piperidine rings is 3. The van der Waals surface area contributed by atoms with Gasteiger partial charge in [0.15, 0.2) is 0 Å². The minimum Gasteiger partial charge on any atom is -0.332 e. The fourth-order valence-electron chi connectivity index (χ4n) is 3.76. The van der Waals surface area contributed by atoms with Crippen LogP contribution in [0.5, 0.6) is 0 Å². The summed E-state index contributed by atoms with van der Waals surface area (Å²) in [6.07, 6.45) is 5.95. The zero-order valence-electron chi connectivity index (χ0n) is 13.4. The van der Waals surface area contributed by atoms with E-state index in [1.165, 1.54) is 36.2 Å². The zero-order valence-corrected chi connectivity index (χ0v) is 13.4. The van der Waals surface area contributed by atoms with E-state index in [0.29, 0.717) is 5.92 Å². The van der Waals surface area contributed by atoms with E-state index in [2.05, 4.69) is 34.4 Å². The number of carbonyl (C=O) groups excluding carboxylic acids is 1. The maximum absolute atomic E-state index is 12.5. The second-order valence-electron chi connectivity index (χ2n) is 6.74. The SMILES string of the molecule is Cc1cccc(-c2cnn(C(=O)N[C@H]3CN4CCC3CC4)c2)c1.